The van der Waals surface area contributed by atoms with Crippen LogP contribution in [0.2, 0.25) is 0 Å². The number of halogens is 1. The van der Waals surface area contributed by atoms with E-state index < -0.39 is 28.9 Å². The minimum absolute atomic E-state index is 0.0110. The van der Waals surface area contributed by atoms with Crippen LogP contribution >= 0.6 is 0 Å². The molecule has 0 amide bonds. The van der Waals surface area contributed by atoms with Crippen LogP contribution in [0.15, 0.2) is 63.1 Å². The van der Waals surface area contributed by atoms with Crippen molar-refractivity contribution in [2.45, 2.75) is 13.5 Å². The molecule has 0 fully saturated rings. The Morgan fingerprint density at radius 2 is 1.91 bits per heavy atom. The van der Waals surface area contributed by atoms with Gasteiger partial charge in [0.1, 0.15) is 11.4 Å². The second-order valence-electron chi connectivity index (χ2n) is 6.97. The number of hydrogen-bond donors (Lipinski definition) is 2. The van der Waals surface area contributed by atoms with Gasteiger partial charge in [0.25, 0.3) is 5.56 Å². The minimum Gasteiger partial charge on any atom is -0.494 e. The van der Waals surface area contributed by atoms with Gasteiger partial charge in [0, 0.05) is 11.1 Å². The topological polar surface area (TPSA) is 114 Å². The summed E-state index contributed by atoms with van der Waals surface area (Å²) in [6.45, 7) is 1.69. The van der Waals surface area contributed by atoms with Crippen LogP contribution in [0.1, 0.15) is 23.6 Å². The Bertz CT molecular complexity index is 1380. The maximum absolute atomic E-state index is 13.2. The van der Waals surface area contributed by atoms with E-state index in [0.29, 0.717) is 16.8 Å². The van der Waals surface area contributed by atoms with Crippen LogP contribution < -0.4 is 11.2 Å². The minimum atomic E-state index is -0.831. The fourth-order valence-electron chi connectivity index (χ4n) is 3.38. The Morgan fingerprint density at radius 1 is 1.19 bits per heavy atom. The summed E-state index contributed by atoms with van der Waals surface area (Å²) in [5.74, 6) is -1.71. The van der Waals surface area contributed by atoms with Crippen molar-refractivity contribution in [2.75, 3.05) is 6.61 Å². The molecule has 32 heavy (non-hydrogen) atoms. The van der Waals surface area contributed by atoms with E-state index in [9.17, 15) is 23.9 Å². The Hall–Kier alpha value is -4.27. The van der Waals surface area contributed by atoms with Crippen LogP contribution in [0.3, 0.4) is 0 Å². The van der Waals surface area contributed by atoms with Crippen molar-refractivity contribution in [3.05, 3.63) is 91.9 Å². The number of fused-ring (bicyclic) bond motifs is 1. The zero-order valence-corrected chi connectivity index (χ0v) is 17.0. The Kier molecular flexibility index (Phi) is 5.55. The standard InChI is InChI=1S/C23H18FN3O5/c1-2-32-22(30)19-16(15-5-3-4-6-18(15)25-19)11-17-20(28)26-23(31)27(21(17)29)12-13-7-9-14(24)10-8-13/h3-11,29H,2,12H2,1H3,(H,26,28,31)/b16-11+. The number of rotatable bonds is 5. The number of nitrogens with zero attached hydrogens (tertiary/aromatic N) is 2. The maximum Gasteiger partial charge on any atom is 0.357 e. The number of hydrogen-bond acceptors (Lipinski definition) is 6. The second kappa shape index (κ2) is 8.46. The summed E-state index contributed by atoms with van der Waals surface area (Å²) >= 11 is 0. The van der Waals surface area contributed by atoms with Gasteiger partial charge in [0.05, 0.1) is 18.8 Å². The molecular formula is C23H18FN3O5. The van der Waals surface area contributed by atoms with Gasteiger partial charge >= 0.3 is 11.7 Å². The molecule has 0 spiro atoms. The summed E-state index contributed by atoms with van der Waals surface area (Å²) in [5.41, 5.74) is 0.0100. The molecule has 0 aliphatic carbocycles. The van der Waals surface area contributed by atoms with Gasteiger partial charge in [-0.3, -0.25) is 14.3 Å². The molecule has 0 bridgehead atoms. The molecule has 0 saturated carbocycles. The van der Waals surface area contributed by atoms with E-state index in [4.69, 9.17) is 4.74 Å². The average Bonchev–Trinajstić information content (AvgIpc) is 3.14. The van der Waals surface area contributed by atoms with Crippen molar-refractivity contribution >= 4 is 29.0 Å². The number of aromatic nitrogens is 2. The lowest BCUT2D eigenvalue weighted by Crippen LogP contribution is -2.31. The van der Waals surface area contributed by atoms with Gasteiger partial charge in [-0.15, -0.1) is 0 Å². The van der Waals surface area contributed by atoms with E-state index in [1.165, 1.54) is 30.3 Å². The van der Waals surface area contributed by atoms with Crippen molar-refractivity contribution in [2.24, 2.45) is 4.99 Å². The molecule has 0 saturated heterocycles. The molecule has 1 aromatic heterocycles. The number of para-hydroxylation sites is 1. The summed E-state index contributed by atoms with van der Waals surface area (Å²) in [5, 5.41) is 10.8. The van der Waals surface area contributed by atoms with Gasteiger partial charge in [0.2, 0.25) is 5.88 Å². The second-order valence-corrected chi connectivity index (χ2v) is 6.97. The van der Waals surface area contributed by atoms with Crippen LogP contribution in [0.4, 0.5) is 10.1 Å². The lowest BCUT2D eigenvalue weighted by molar-refractivity contribution is -0.134. The largest absolute Gasteiger partial charge is 0.494 e. The molecule has 3 aromatic rings. The Morgan fingerprint density at radius 3 is 2.62 bits per heavy atom. The molecule has 8 nitrogen and oxygen atoms in total. The number of aromatic amines is 1. The predicted octanol–water partition coefficient (Wildman–Crippen LogP) is 2.62. The number of benzene rings is 2. The van der Waals surface area contributed by atoms with Gasteiger partial charge in [-0.2, -0.15) is 0 Å². The summed E-state index contributed by atoms with van der Waals surface area (Å²) in [6, 6.07) is 12.3. The first-order valence-electron chi connectivity index (χ1n) is 9.77. The molecule has 0 unspecified atom stereocenters. The lowest BCUT2D eigenvalue weighted by atomic mass is 10.0. The number of H-pyrrole nitrogens is 1. The predicted molar refractivity (Wildman–Crippen MR) is 117 cm³/mol. The van der Waals surface area contributed by atoms with Gasteiger partial charge in [-0.25, -0.2) is 19.0 Å². The number of aromatic hydroxyl groups is 1. The molecule has 2 aromatic carbocycles. The summed E-state index contributed by atoms with van der Waals surface area (Å²) in [4.78, 5) is 43.8. The van der Waals surface area contributed by atoms with E-state index >= 15 is 0 Å². The SMILES string of the molecule is CCOC(=O)C1=Nc2ccccc2/C1=C\c1c(O)n(Cc2ccc(F)cc2)c(=O)[nH]c1=O. The molecule has 1 aliphatic heterocycles. The van der Waals surface area contributed by atoms with Gasteiger partial charge in [-0.1, -0.05) is 30.3 Å². The van der Waals surface area contributed by atoms with Crippen molar-refractivity contribution < 1.29 is 19.0 Å². The van der Waals surface area contributed by atoms with E-state index in [1.807, 2.05) is 0 Å². The molecule has 2 N–H and O–H groups in total. The number of aliphatic imine (C=N–C) groups is 1. The van der Waals surface area contributed by atoms with Gasteiger partial charge < -0.3 is 9.84 Å². The summed E-state index contributed by atoms with van der Waals surface area (Å²) in [7, 11) is 0. The molecule has 0 radical (unpaired) electrons. The molecular weight excluding hydrogens is 417 g/mol. The highest BCUT2D eigenvalue weighted by atomic mass is 19.1. The Balaban J connectivity index is 1.84. The fraction of sp³-hybridized carbons (Fsp3) is 0.130. The fourth-order valence-corrected chi connectivity index (χ4v) is 3.38. The zero-order valence-electron chi connectivity index (χ0n) is 17.0. The monoisotopic (exact) mass is 435 g/mol. The van der Waals surface area contributed by atoms with E-state index in [1.54, 1.807) is 31.2 Å². The average molecular weight is 435 g/mol. The number of carbonyl (C=O) groups excluding carboxylic acids is 1. The van der Waals surface area contributed by atoms with Crippen LogP contribution in [0.25, 0.3) is 11.6 Å². The highest BCUT2D eigenvalue weighted by Gasteiger charge is 2.28. The molecule has 0 atom stereocenters. The van der Waals surface area contributed by atoms with Crippen molar-refractivity contribution in [1.29, 1.82) is 0 Å². The molecule has 1 aliphatic rings. The maximum atomic E-state index is 13.2. The Labute approximate surface area is 181 Å². The van der Waals surface area contributed by atoms with E-state index in [0.717, 1.165) is 4.57 Å². The molecule has 162 valence electrons. The first-order valence-corrected chi connectivity index (χ1v) is 9.77. The van der Waals surface area contributed by atoms with Crippen LogP contribution in [-0.2, 0) is 16.1 Å². The van der Waals surface area contributed by atoms with Crippen LogP contribution in [0, 0.1) is 5.82 Å². The third kappa shape index (κ3) is 3.87. The van der Waals surface area contributed by atoms with Crippen molar-refractivity contribution in [3.63, 3.8) is 0 Å². The number of esters is 1. The third-order valence-corrected chi connectivity index (χ3v) is 4.90. The molecule has 9 heteroatoms. The smallest absolute Gasteiger partial charge is 0.357 e. The highest BCUT2D eigenvalue weighted by molar-refractivity contribution is 6.58. The first kappa shape index (κ1) is 21.0. The summed E-state index contributed by atoms with van der Waals surface area (Å²) in [6.07, 6.45) is 1.30. The zero-order chi connectivity index (χ0) is 22.8. The molecule has 4 rings (SSSR count). The summed E-state index contributed by atoms with van der Waals surface area (Å²) < 4.78 is 19.2. The first-order chi connectivity index (χ1) is 15.4. The van der Waals surface area contributed by atoms with Gasteiger partial charge in [-0.05, 0) is 36.8 Å². The van der Waals surface area contributed by atoms with Crippen molar-refractivity contribution in [1.82, 2.24) is 9.55 Å². The quantitative estimate of drug-likeness (QED) is 0.598. The highest BCUT2D eigenvalue weighted by Crippen LogP contribution is 2.36. The third-order valence-electron chi connectivity index (χ3n) is 4.90. The molecule has 2 heterocycles. The van der Waals surface area contributed by atoms with E-state index in [2.05, 4.69) is 9.98 Å². The normalized spacial score (nSPS) is 13.7. The van der Waals surface area contributed by atoms with E-state index in [-0.39, 0.29) is 30.0 Å². The lowest BCUT2D eigenvalue weighted by Gasteiger charge is -2.11. The number of carbonyl (C=O) groups is 1. The van der Waals surface area contributed by atoms with Crippen LogP contribution in [0.5, 0.6) is 5.88 Å². The van der Waals surface area contributed by atoms with Crippen molar-refractivity contribution in [3.8, 4) is 5.88 Å². The number of ether oxygens (including phenoxy) is 1. The number of nitrogens with one attached hydrogen (secondary N) is 1. The van der Waals surface area contributed by atoms with Crippen LogP contribution in [-0.4, -0.2) is 32.9 Å². The van der Waals surface area contributed by atoms with Gasteiger partial charge in [0.15, 0.2) is 5.71 Å².